The number of imidazole rings is 1. The molecule has 0 fully saturated rings. The number of para-hydroxylation sites is 2. The number of benzene rings is 6. The van der Waals surface area contributed by atoms with E-state index in [0.717, 1.165) is 78.1 Å². The molecule has 3 heterocycles. The minimum Gasteiger partial charge on any atom is -0.459 e. The van der Waals surface area contributed by atoms with E-state index in [1.54, 1.807) is 0 Å². The van der Waals surface area contributed by atoms with Gasteiger partial charge in [0, 0.05) is 35.0 Å². The van der Waals surface area contributed by atoms with E-state index in [1.165, 1.54) is 0 Å². The molecule has 4 nitrogen and oxygen atoms in total. The fourth-order valence-corrected chi connectivity index (χ4v) is 6.63. The summed E-state index contributed by atoms with van der Waals surface area (Å²) in [5.41, 5.74) is 12.0. The van der Waals surface area contributed by atoms with Crippen LogP contribution in [0, 0.1) is 6.33 Å². The van der Waals surface area contributed by atoms with E-state index in [2.05, 4.69) is 157 Å². The molecular formula is C44H29N3O. The summed E-state index contributed by atoms with van der Waals surface area (Å²) < 4.78 is 10.9. The predicted octanol–water partition coefficient (Wildman–Crippen LogP) is 10.5. The maximum Gasteiger partial charge on any atom is 0.268 e. The zero-order chi connectivity index (χ0) is 31.9. The fourth-order valence-electron chi connectivity index (χ4n) is 6.63. The molecule has 226 valence electrons. The molecule has 0 unspecified atom stereocenters. The normalized spacial score (nSPS) is 11.3. The van der Waals surface area contributed by atoms with Crippen molar-refractivity contribution in [1.82, 2.24) is 9.55 Å². The summed E-state index contributed by atoms with van der Waals surface area (Å²) in [6.45, 7) is 0. The Morgan fingerprint density at radius 3 is 1.75 bits per heavy atom. The van der Waals surface area contributed by atoms with Crippen LogP contribution in [-0.4, -0.2) is 9.55 Å². The smallest absolute Gasteiger partial charge is 0.268 e. The highest BCUT2D eigenvalue weighted by Crippen LogP contribution is 2.40. The van der Waals surface area contributed by atoms with Gasteiger partial charge in [-0.2, -0.15) is 0 Å². The monoisotopic (exact) mass is 615 g/mol. The summed E-state index contributed by atoms with van der Waals surface area (Å²) in [5.74, 6) is 0. The topological polar surface area (TPSA) is 34.8 Å². The molecule has 0 saturated heterocycles. The average molecular weight is 616 g/mol. The number of aromatic nitrogens is 3. The Hall–Kier alpha value is -6.52. The van der Waals surface area contributed by atoms with Gasteiger partial charge in [-0.25, -0.2) is 4.98 Å². The molecule has 9 aromatic rings. The van der Waals surface area contributed by atoms with Crippen LogP contribution in [0.15, 0.2) is 181 Å². The van der Waals surface area contributed by atoms with Crippen LogP contribution < -0.4 is 4.57 Å². The van der Waals surface area contributed by atoms with E-state index >= 15 is 0 Å². The lowest BCUT2D eigenvalue weighted by Crippen LogP contribution is -2.30. The van der Waals surface area contributed by atoms with Crippen LogP contribution >= 0.6 is 0 Å². The van der Waals surface area contributed by atoms with Gasteiger partial charge in [0.25, 0.3) is 6.33 Å². The lowest BCUT2D eigenvalue weighted by atomic mass is 9.96. The minimum absolute atomic E-state index is 0.787. The molecule has 0 N–H and O–H groups in total. The van der Waals surface area contributed by atoms with Crippen LogP contribution in [0.2, 0.25) is 0 Å². The number of pyridine rings is 1. The van der Waals surface area contributed by atoms with E-state index < -0.39 is 0 Å². The molecular weight excluding hydrogens is 587 g/mol. The molecule has 0 radical (unpaired) electrons. The van der Waals surface area contributed by atoms with Gasteiger partial charge in [-0.05, 0) is 28.3 Å². The highest BCUT2D eigenvalue weighted by Gasteiger charge is 2.20. The van der Waals surface area contributed by atoms with E-state index in [4.69, 9.17) is 9.40 Å². The second-order valence-electron chi connectivity index (χ2n) is 11.8. The predicted molar refractivity (Wildman–Crippen MR) is 193 cm³/mol. The van der Waals surface area contributed by atoms with Gasteiger partial charge in [0.2, 0.25) is 0 Å². The molecule has 0 aliphatic heterocycles. The van der Waals surface area contributed by atoms with Gasteiger partial charge in [-0.1, -0.05) is 152 Å². The fraction of sp³-hybridized carbons (Fsp3) is 0. The largest absolute Gasteiger partial charge is 0.459 e. The third-order valence-corrected chi connectivity index (χ3v) is 8.86. The van der Waals surface area contributed by atoms with Crippen molar-refractivity contribution in [3.8, 4) is 56.1 Å². The van der Waals surface area contributed by atoms with Gasteiger partial charge >= 0.3 is 0 Å². The SMILES string of the molecule is [c-]1n(-c2cccc3c2oc2cc(-c4ccccc4)nc(-c4ccccc4)c23)cc[n+]1-c1c(-c2ccccc2)cccc1-c1ccccc1. The van der Waals surface area contributed by atoms with Crippen molar-refractivity contribution in [2.24, 2.45) is 0 Å². The van der Waals surface area contributed by atoms with Crippen molar-refractivity contribution < 1.29 is 8.98 Å². The Morgan fingerprint density at radius 1 is 0.562 bits per heavy atom. The average Bonchev–Trinajstić information content (AvgIpc) is 3.81. The van der Waals surface area contributed by atoms with Crippen molar-refractivity contribution in [3.05, 3.63) is 183 Å². The van der Waals surface area contributed by atoms with E-state index in [0.29, 0.717) is 0 Å². The molecule has 0 atom stereocenters. The van der Waals surface area contributed by atoms with Crippen molar-refractivity contribution >= 4 is 21.9 Å². The summed E-state index contributed by atoms with van der Waals surface area (Å²) in [6.07, 6.45) is 7.76. The zero-order valence-electron chi connectivity index (χ0n) is 26.0. The highest BCUT2D eigenvalue weighted by molar-refractivity contribution is 6.13. The third kappa shape index (κ3) is 4.79. The van der Waals surface area contributed by atoms with Gasteiger partial charge in [0.1, 0.15) is 16.9 Å². The first-order valence-corrected chi connectivity index (χ1v) is 16.1. The molecule has 0 bridgehead atoms. The summed E-state index contributed by atoms with van der Waals surface area (Å²) in [4.78, 5) is 5.21. The molecule has 9 rings (SSSR count). The van der Waals surface area contributed by atoms with Crippen molar-refractivity contribution in [2.45, 2.75) is 0 Å². The lowest BCUT2D eigenvalue weighted by Gasteiger charge is -2.16. The molecule has 48 heavy (non-hydrogen) atoms. The number of furan rings is 1. The van der Waals surface area contributed by atoms with Gasteiger partial charge in [0.15, 0.2) is 0 Å². The highest BCUT2D eigenvalue weighted by atomic mass is 16.3. The summed E-state index contributed by atoms with van der Waals surface area (Å²) in [6, 6.07) is 56.5. The molecule has 0 aliphatic rings. The van der Waals surface area contributed by atoms with Crippen LogP contribution in [0.25, 0.3) is 78.1 Å². The van der Waals surface area contributed by atoms with Gasteiger partial charge in [-0.3, -0.25) is 9.13 Å². The zero-order valence-corrected chi connectivity index (χ0v) is 26.0. The first-order chi connectivity index (χ1) is 23.8. The number of fused-ring (bicyclic) bond motifs is 3. The van der Waals surface area contributed by atoms with E-state index in [-0.39, 0.29) is 0 Å². The van der Waals surface area contributed by atoms with Crippen LogP contribution in [0.5, 0.6) is 0 Å². The Morgan fingerprint density at radius 2 is 1.12 bits per heavy atom. The van der Waals surface area contributed by atoms with Gasteiger partial charge < -0.3 is 4.42 Å². The number of nitrogens with zero attached hydrogens (tertiary/aromatic N) is 3. The molecule has 0 amide bonds. The third-order valence-electron chi connectivity index (χ3n) is 8.86. The number of hydrogen-bond acceptors (Lipinski definition) is 2. The van der Waals surface area contributed by atoms with Gasteiger partial charge in [-0.15, -0.1) is 0 Å². The molecule has 0 spiro atoms. The molecule has 0 saturated carbocycles. The Balaban J connectivity index is 1.25. The second-order valence-corrected chi connectivity index (χ2v) is 11.8. The van der Waals surface area contributed by atoms with E-state index in [9.17, 15) is 0 Å². The standard InChI is InChI=1S/C44H29N3O/c1-5-15-31(16-6-1)35-23-13-24-36(32-17-7-2-8-18-32)43(35)47-28-27-46(30-47)39-26-14-25-37-41-40(48-44(37)39)29-38(33-19-9-3-10-20-33)45-42(41)34-21-11-4-12-22-34/h1-29H. The Labute approximate surface area is 278 Å². The van der Waals surface area contributed by atoms with Gasteiger partial charge in [0.05, 0.1) is 22.5 Å². The first-order valence-electron chi connectivity index (χ1n) is 16.1. The molecule has 6 aromatic carbocycles. The number of rotatable bonds is 6. The molecule has 3 aromatic heterocycles. The summed E-state index contributed by atoms with van der Waals surface area (Å²) in [7, 11) is 0. The van der Waals surface area contributed by atoms with Crippen molar-refractivity contribution in [2.75, 3.05) is 0 Å². The maximum atomic E-state index is 6.77. The van der Waals surface area contributed by atoms with Crippen LogP contribution in [0.1, 0.15) is 0 Å². The van der Waals surface area contributed by atoms with Crippen molar-refractivity contribution in [3.63, 3.8) is 0 Å². The molecule has 4 heteroatoms. The quantitative estimate of drug-likeness (QED) is 0.138. The van der Waals surface area contributed by atoms with E-state index in [1.807, 2.05) is 35.0 Å². The minimum atomic E-state index is 0.787. The summed E-state index contributed by atoms with van der Waals surface area (Å²) >= 11 is 0. The van der Waals surface area contributed by atoms with Crippen LogP contribution in [-0.2, 0) is 0 Å². The van der Waals surface area contributed by atoms with Crippen LogP contribution in [0.4, 0.5) is 0 Å². The van der Waals surface area contributed by atoms with Crippen molar-refractivity contribution in [1.29, 1.82) is 0 Å². The first kappa shape index (κ1) is 27.8. The maximum absolute atomic E-state index is 6.77. The van der Waals surface area contributed by atoms with Crippen LogP contribution in [0.3, 0.4) is 0 Å². The lowest BCUT2D eigenvalue weighted by molar-refractivity contribution is -0.598. The Kier molecular flexibility index (Phi) is 6.76. The number of hydrogen-bond donors (Lipinski definition) is 0. The summed E-state index contributed by atoms with van der Waals surface area (Å²) in [5, 5.41) is 2.01. The second kappa shape index (κ2) is 11.7. The Bertz CT molecular complexity index is 2480. The molecule has 0 aliphatic carbocycles.